The molecule has 1 aliphatic carbocycles. The van der Waals surface area contributed by atoms with Crippen molar-refractivity contribution >= 4 is 5.91 Å². The average Bonchev–Trinajstić information content (AvgIpc) is 3.19. The van der Waals surface area contributed by atoms with Gasteiger partial charge in [-0.05, 0) is 73.0 Å². The van der Waals surface area contributed by atoms with Gasteiger partial charge in [-0.2, -0.15) is 0 Å². The van der Waals surface area contributed by atoms with Crippen molar-refractivity contribution in [2.75, 3.05) is 13.6 Å². The lowest BCUT2D eigenvalue weighted by molar-refractivity contribution is -0.132. The maximum Gasteiger partial charge on any atom is 0.222 e. The minimum Gasteiger partial charge on any atom is -0.346 e. The molecule has 0 bridgehead atoms. The van der Waals surface area contributed by atoms with Crippen LogP contribution in [-0.2, 0) is 4.79 Å². The minimum atomic E-state index is 0.106. The number of rotatable bonds is 11. The van der Waals surface area contributed by atoms with Crippen LogP contribution in [0.3, 0.4) is 0 Å². The van der Waals surface area contributed by atoms with E-state index in [9.17, 15) is 4.79 Å². The summed E-state index contributed by atoms with van der Waals surface area (Å²) in [4.78, 5) is 14.1. The minimum absolute atomic E-state index is 0.106. The third-order valence-corrected chi connectivity index (χ3v) is 6.77. The summed E-state index contributed by atoms with van der Waals surface area (Å²) < 4.78 is 0. The molecule has 0 N–H and O–H groups in total. The van der Waals surface area contributed by atoms with E-state index >= 15 is 0 Å². The van der Waals surface area contributed by atoms with Crippen LogP contribution >= 0.6 is 0 Å². The molecule has 0 aromatic rings. The molecule has 27 heavy (non-hydrogen) atoms. The number of carbonyl (C=O) groups is 1. The van der Waals surface area contributed by atoms with E-state index in [1.54, 1.807) is 0 Å². The van der Waals surface area contributed by atoms with Gasteiger partial charge in [0.1, 0.15) is 0 Å². The molecular weight excluding hydrogens is 330 g/mol. The lowest BCUT2D eigenvalue weighted by Crippen LogP contribution is -2.31. The molecular formula is C25H49NO. The van der Waals surface area contributed by atoms with E-state index in [2.05, 4.69) is 55.4 Å². The van der Waals surface area contributed by atoms with E-state index in [0.29, 0.717) is 29.1 Å². The van der Waals surface area contributed by atoms with Gasteiger partial charge < -0.3 is 4.90 Å². The molecule has 0 heterocycles. The van der Waals surface area contributed by atoms with Crippen LogP contribution in [0.15, 0.2) is 0 Å². The molecule has 2 heteroatoms. The quantitative estimate of drug-likeness (QED) is 0.372. The summed E-state index contributed by atoms with van der Waals surface area (Å²) >= 11 is 0. The standard InChI is InChI=1S/C25H49NO/c1-11-25(9,18-23(4,5)6)16-21-14-20(21)13-19(3)15-24(7,8)17-22(27)26(10)12-2/h19-21H,11-18H2,1-10H3. The molecule has 0 radical (unpaired) electrons. The van der Waals surface area contributed by atoms with Gasteiger partial charge in [0.05, 0.1) is 0 Å². The molecule has 2 nitrogen and oxygen atoms in total. The highest BCUT2D eigenvalue weighted by Crippen LogP contribution is 2.53. The van der Waals surface area contributed by atoms with Gasteiger partial charge in [0.2, 0.25) is 5.91 Å². The van der Waals surface area contributed by atoms with E-state index in [4.69, 9.17) is 0 Å². The van der Waals surface area contributed by atoms with Crippen molar-refractivity contribution in [2.45, 2.75) is 107 Å². The van der Waals surface area contributed by atoms with Crippen LogP contribution in [-0.4, -0.2) is 24.4 Å². The Labute approximate surface area is 170 Å². The van der Waals surface area contributed by atoms with E-state index in [0.717, 1.165) is 24.8 Å². The summed E-state index contributed by atoms with van der Waals surface area (Å²) in [5.41, 5.74) is 1.02. The number of hydrogen-bond donors (Lipinski definition) is 0. The van der Waals surface area contributed by atoms with Crippen molar-refractivity contribution in [3.63, 3.8) is 0 Å². The largest absolute Gasteiger partial charge is 0.346 e. The molecule has 1 saturated carbocycles. The normalized spacial score (nSPS) is 23.6. The highest BCUT2D eigenvalue weighted by Gasteiger charge is 2.43. The lowest BCUT2D eigenvalue weighted by atomic mass is 9.70. The zero-order chi connectivity index (χ0) is 21.0. The Balaban J connectivity index is 2.46. The Hall–Kier alpha value is -0.530. The van der Waals surface area contributed by atoms with Crippen LogP contribution in [0, 0.1) is 34.0 Å². The van der Waals surface area contributed by atoms with Crippen molar-refractivity contribution < 1.29 is 4.79 Å². The Morgan fingerprint density at radius 2 is 1.67 bits per heavy atom. The fraction of sp³-hybridized carbons (Fsp3) is 0.960. The first kappa shape index (κ1) is 24.5. The van der Waals surface area contributed by atoms with E-state index in [1.165, 1.54) is 32.1 Å². The number of hydrogen-bond acceptors (Lipinski definition) is 1. The molecule has 0 saturated heterocycles. The number of carbonyl (C=O) groups excluding carboxylic acids is 1. The van der Waals surface area contributed by atoms with Gasteiger partial charge in [-0.3, -0.25) is 4.79 Å². The first-order valence-electron chi connectivity index (χ1n) is 11.4. The SMILES string of the molecule is CCN(C)C(=O)CC(C)(C)CC(C)CC1CC1CC(C)(CC)CC(C)(C)C. The molecule has 1 rings (SSSR count). The third kappa shape index (κ3) is 9.01. The maximum atomic E-state index is 12.3. The van der Waals surface area contributed by atoms with Crippen molar-refractivity contribution in [3.05, 3.63) is 0 Å². The summed E-state index contributed by atoms with van der Waals surface area (Å²) in [6, 6.07) is 0. The van der Waals surface area contributed by atoms with Crippen LogP contribution in [0.2, 0.25) is 0 Å². The molecule has 0 aromatic carbocycles. The molecule has 4 atom stereocenters. The second-order valence-electron chi connectivity index (χ2n) is 12.2. The van der Waals surface area contributed by atoms with Crippen molar-refractivity contribution in [2.24, 2.45) is 34.0 Å². The highest BCUT2D eigenvalue weighted by atomic mass is 16.2. The lowest BCUT2D eigenvalue weighted by Gasteiger charge is -2.35. The average molecular weight is 380 g/mol. The van der Waals surface area contributed by atoms with E-state index in [-0.39, 0.29) is 5.41 Å². The molecule has 160 valence electrons. The first-order chi connectivity index (χ1) is 12.2. The summed E-state index contributed by atoms with van der Waals surface area (Å²) in [5.74, 6) is 2.87. The topological polar surface area (TPSA) is 20.3 Å². The summed E-state index contributed by atoms with van der Waals surface area (Å²) in [7, 11) is 1.92. The van der Waals surface area contributed by atoms with Gasteiger partial charge in [0, 0.05) is 20.0 Å². The first-order valence-corrected chi connectivity index (χ1v) is 11.4. The van der Waals surface area contributed by atoms with Crippen molar-refractivity contribution in [1.29, 1.82) is 0 Å². The second-order valence-corrected chi connectivity index (χ2v) is 12.2. The molecule has 0 aromatic heterocycles. The van der Waals surface area contributed by atoms with E-state index in [1.807, 2.05) is 18.9 Å². The van der Waals surface area contributed by atoms with Crippen LogP contribution < -0.4 is 0 Å². The van der Waals surface area contributed by atoms with Crippen LogP contribution in [0.25, 0.3) is 0 Å². The van der Waals surface area contributed by atoms with Crippen LogP contribution in [0.1, 0.15) is 107 Å². The predicted octanol–water partition coefficient (Wildman–Crippen LogP) is 7.18. The molecule has 0 aliphatic heterocycles. The third-order valence-electron chi connectivity index (χ3n) is 6.77. The van der Waals surface area contributed by atoms with Gasteiger partial charge in [0.15, 0.2) is 0 Å². The van der Waals surface area contributed by atoms with Gasteiger partial charge >= 0.3 is 0 Å². The smallest absolute Gasteiger partial charge is 0.222 e. The summed E-state index contributed by atoms with van der Waals surface area (Å²) in [5, 5.41) is 0. The highest BCUT2D eigenvalue weighted by molar-refractivity contribution is 5.76. The van der Waals surface area contributed by atoms with Crippen LogP contribution in [0.5, 0.6) is 0 Å². The van der Waals surface area contributed by atoms with Crippen molar-refractivity contribution in [1.82, 2.24) is 4.90 Å². The van der Waals surface area contributed by atoms with Gasteiger partial charge in [-0.25, -0.2) is 0 Å². The maximum absolute atomic E-state index is 12.3. The summed E-state index contributed by atoms with van der Waals surface area (Å²) in [6.07, 6.45) is 8.64. The number of nitrogens with zero attached hydrogens (tertiary/aromatic N) is 1. The molecule has 0 spiro atoms. The fourth-order valence-electron chi connectivity index (χ4n) is 5.44. The zero-order valence-corrected chi connectivity index (χ0v) is 20.2. The monoisotopic (exact) mass is 379 g/mol. The number of amides is 1. The van der Waals surface area contributed by atoms with Gasteiger partial charge in [-0.1, -0.05) is 61.8 Å². The zero-order valence-electron chi connectivity index (χ0n) is 20.2. The molecule has 1 fully saturated rings. The second kappa shape index (κ2) is 9.31. The molecule has 1 aliphatic rings. The van der Waals surface area contributed by atoms with Crippen LogP contribution in [0.4, 0.5) is 0 Å². The molecule has 4 unspecified atom stereocenters. The Kier molecular flexibility index (Phi) is 8.45. The Morgan fingerprint density at radius 3 is 2.15 bits per heavy atom. The summed E-state index contributed by atoms with van der Waals surface area (Å²) in [6.45, 7) is 21.8. The Bertz CT molecular complexity index is 475. The van der Waals surface area contributed by atoms with Gasteiger partial charge in [0.25, 0.3) is 0 Å². The van der Waals surface area contributed by atoms with Crippen molar-refractivity contribution in [3.8, 4) is 0 Å². The molecule has 1 amide bonds. The predicted molar refractivity (Wildman–Crippen MR) is 119 cm³/mol. The Morgan fingerprint density at radius 1 is 1.07 bits per heavy atom. The van der Waals surface area contributed by atoms with E-state index < -0.39 is 0 Å². The van der Waals surface area contributed by atoms with Gasteiger partial charge in [-0.15, -0.1) is 0 Å². The fourth-order valence-corrected chi connectivity index (χ4v) is 5.44.